The van der Waals surface area contributed by atoms with Crippen molar-refractivity contribution in [1.82, 2.24) is 4.31 Å². The van der Waals surface area contributed by atoms with Gasteiger partial charge in [0.25, 0.3) is 0 Å². The minimum absolute atomic E-state index is 0.0446. The van der Waals surface area contributed by atoms with Crippen molar-refractivity contribution in [3.63, 3.8) is 0 Å². The smallest absolute Gasteiger partial charge is 0.243 e. The fourth-order valence-electron chi connectivity index (χ4n) is 2.42. The largest absolute Gasteiger partial charge is 0.363 e. The van der Waals surface area contributed by atoms with Crippen LogP contribution < -0.4 is 10.2 Å². The van der Waals surface area contributed by atoms with E-state index in [0.717, 1.165) is 0 Å². The summed E-state index contributed by atoms with van der Waals surface area (Å²) in [6, 6.07) is 12.0. The van der Waals surface area contributed by atoms with Crippen LogP contribution in [0, 0.1) is 5.82 Å². The van der Waals surface area contributed by atoms with Gasteiger partial charge in [-0.25, -0.2) is 12.8 Å². The van der Waals surface area contributed by atoms with E-state index in [-0.39, 0.29) is 23.4 Å². The first-order valence-corrected chi connectivity index (χ1v) is 9.90. The van der Waals surface area contributed by atoms with E-state index in [4.69, 9.17) is 0 Å². The molecule has 0 atom stereocenters. The lowest BCUT2D eigenvalue weighted by Gasteiger charge is -2.21. The fourth-order valence-corrected chi connectivity index (χ4v) is 3.78. The van der Waals surface area contributed by atoms with E-state index in [1.807, 2.05) is 0 Å². The lowest BCUT2D eigenvalue weighted by Crippen LogP contribution is -2.33. The molecule has 0 heterocycles. The average molecular weight is 393 g/mol. The predicted octanol–water partition coefficient (Wildman–Crippen LogP) is 2.93. The van der Waals surface area contributed by atoms with Gasteiger partial charge in [0.1, 0.15) is 5.82 Å². The molecule has 6 nitrogen and oxygen atoms in total. The number of nitrogens with zero attached hydrogens (tertiary/aromatic N) is 2. The molecule has 0 aliphatic rings. The Morgan fingerprint density at radius 1 is 1.07 bits per heavy atom. The van der Waals surface area contributed by atoms with Gasteiger partial charge in [0.15, 0.2) is 0 Å². The molecule has 0 aromatic heterocycles. The van der Waals surface area contributed by atoms with Crippen LogP contribution in [0.5, 0.6) is 0 Å². The van der Waals surface area contributed by atoms with E-state index in [1.54, 1.807) is 39.1 Å². The molecule has 146 valence electrons. The van der Waals surface area contributed by atoms with Crippen molar-refractivity contribution in [2.75, 3.05) is 30.9 Å². The topological polar surface area (TPSA) is 69.7 Å². The van der Waals surface area contributed by atoms with Gasteiger partial charge in [0.05, 0.1) is 17.1 Å². The van der Waals surface area contributed by atoms with Crippen molar-refractivity contribution >= 4 is 27.3 Å². The lowest BCUT2D eigenvalue weighted by atomic mass is 10.2. The molecule has 27 heavy (non-hydrogen) atoms. The van der Waals surface area contributed by atoms with Gasteiger partial charge < -0.3 is 10.2 Å². The number of hydrogen-bond acceptors (Lipinski definition) is 4. The summed E-state index contributed by atoms with van der Waals surface area (Å²) < 4.78 is 39.9. The number of amides is 1. The Bertz CT molecular complexity index is 899. The number of rotatable bonds is 7. The molecule has 0 bridgehead atoms. The number of sulfonamides is 1. The van der Waals surface area contributed by atoms with Gasteiger partial charge in [-0.1, -0.05) is 12.1 Å². The third kappa shape index (κ3) is 5.05. The number of anilines is 2. The minimum atomic E-state index is -3.57. The summed E-state index contributed by atoms with van der Waals surface area (Å²) in [6.07, 6.45) is 0. The highest BCUT2D eigenvalue weighted by atomic mass is 32.2. The maximum absolute atomic E-state index is 13.8. The Kier molecular flexibility index (Phi) is 6.56. The molecule has 0 unspecified atom stereocenters. The summed E-state index contributed by atoms with van der Waals surface area (Å²) in [5, 5.41) is 2.68. The summed E-state index contributed by atoms with van der Waals surface area (Å²) in [5.74, 6) is -0.743. The zero-order chi connectivity index (χ0) is 20.2. The summed E-state index contributed by atoms with van der Waals surface area (Å²) in [4.78, 5) is 13.8. The highest BCUT2D eigenvalue weighted by Gasteiger charge is 2.22. The molecular formula is C19H24FN3O3S. The lowest BCUT2D eigenvalue weighted by molar-refractivity contribution is -0.114. The van der Waals surface area contributed by atoms with E-state index in [0.29, 0.717) is 11.4 Å². The van der Waals surface area contributed by atoms with E-state index in [1.165, 1.54) is 46.6 Å². The second-order valence-electron chi connectivity index (χ2n) is 6.50. The molecular weight excluding hydrogens is 369 g/mol. The normalized spacial score (nSPS) is 11.7. The van der Waals surface area contributed by atoms with Crippen LogP contribution in [0.1, 0.15) is 13.8 Å². The number of carbonyl (C=O) groups excluding carboxylic acids is 1. The second-order valence-corrected chi connectivity index (χ2v) is 8.49. The van der Waals surface area contributed by atoms with Gasteiger partial charge in [-0.2, -0.15) is 4.31 Å². The summed E-state index contributed by atoms with van der Waals surface area (Å²) in [7, 11) is -0.430. The first-order valence-electron chi connectivity index (χ1n) is 8.46. The molecule has 2 aromatic rings. The van der Waals surface area contributed by atoms with Crippen LogP contribution >= 0.6 is 0 Å². The van der Waals surface area contributed by atoms with Crippen molar-refractivity contribution < 1.29 is 17.6 Å². The third-order valence-electron chi connectivity index (χ3n) is 4.19. The van der Waals surface area contributed by atoms with Crippen LogP contribution in [0.2, 0.25) is 0 Å². The SMILES string of the molecule is CC(C)N(C)S(=O)(=O)c1ccc(NC(=O)CN(C)c2ccccc2F)cc1. The minimum Gasteiger partial charge on any atom is -0.363 e. The molecule has 8 heteroatoms. The molecule has 0 spiro atoms. The molecule has 2 rings (SSSR count). The second kappa shape index (κ2) is 8.49. The van der Waals surface area contributed by atoms with Gasteiger partial charge >= 0.3 is 0 Å². The number of hydrogen-bond donors (Lipinski definition) is 1. The molecule has 0 saturated heterocycles. The van der Waals surface area contributed by atoms with Crippen LogP contribution in [-0.4, -0.2) is 45.3 Å². The first kappa shape index (κ1) is 20.9. The van der Waals surface area contributed by atoms with Crippen LogP contribution in [0.4, 0.5) is 15.8 Å². The van der Waals surface area contributed by atoms with Crippen molar-refractivity contribution in [2.24, 2.45) is 0 Å². The number of carbonyl (C=O) groups is 1. The molecule has 0 radical (unpaired) electrons. The quantitative estimate of drug-likeness (QED) is 0.785. The highest BCUT2D eigenvalue weighted by Crippen LogP contribution is 2.20. The summed E-state index contributed by atoms with van der Waals surface area (Å²) >= 11 is 0. The summed E-state index contributed by atoms with van der Waals surface area (Å²) in [5.41, 5.74) is 0.791. The zero-order valence-corrected chi connectivity index (χ0v) is 16.6. The number of halogens is 1. The Labute approximate surface area is 159 Å². The Morgan fingerprint density at radius 3 is 2.22 bits per heavy atom. The van der Waals surface area contributed by atoms with Crippen molar-refractivity contribution in [2.45, 2.75) is 24.8 Å². The number of para-hydroxylation sites is 1. The van der Waals surface area contributed by atoms with Crippen molar-refractivity contribution in [3.8, 4) is 0 Å². The van der Waals surface area contributed by atoms with E-state index >= 15 is 0 Å². The van der Waals surface area contributed by atoms with Crippen LogP contribution in [0.3, 0.4) is 0 Å². The molecule has 0 aliphatic heterocycles. The number of benzene rings is 2. The Morgan fingerprint density at radius 2 is 1.67 bits per heavy atom. The zero-order valence-electron chi connectivity index (χ0n) is 15.8. The summed E-state index contributed by atoms with van der Waals surface area (Å²) in [6.45, 7) is 3.54. The predicted molar refractivity (Wildman–Crippen MR) is 105 cm³/mol. The number of likely N-dealkylation sites (N-methyl/N-ethyl adjacent to an activating group) is 1. The monoisotopic (exact) mass is 393 g/mol. The van der Waals surface area contributed by atoms with Gasteiger partial charge in [0.2, 0.25) is 15.9 Å². The van der Waals surface area contributed by atoms with Crippen LogP contribution in [0.25, 0.3) is 0 Å². The molecule has 2 aromatic carbocycles. The molecule has 1 N–H and O–H groups in total. The van der Waals surface area contributed by atoms with Crippen molar-refractivity contribution in [3.05, 3.63) is 54.3 Å². The Balaban J connectivity index is 2.04. The van der Waals surface area contributed by atoms with Gasteiger partial charge in [0, 0.05) is 25.8 Å². The van der Waals surface area contributed by atoms with Gasteiger partial charge in [-0.3, -0.25) is 4.79 Å². The third-order valence-corrected chi connectivity index (χ3v) is 6.23. The fraction of sp³-hybridized carbons (Fsp3) is 0.316. The van der Waals surface area contributed by atoms with Crippen LogP contribution in [0.15, 0.2) is 53.4 Å². The maximum Gasteiger partial charge on any atom is 0.243 e. The maximum atomic E-state index is 13.8. The average Bonchev–Trinajstić information content (AvgIpc) is 2.61. The van der Waals surface area contributed by atoms with E-state index < -0.39 is 15.8 Å². The van der Waals surface area contributed by atoms with Gasteiger partial charge in [-0.15, -0.1) is 0 Å². The van der Waals surface area contributed by atoms with Gasteiger partial charge in [-0.05, 0) is 50.2 Å². The van der Waals surface area contributed by atoms with Crippen LogP contribution in [-0.2, 0) is 14.8 Å². The molecule has 1 amide bonds. The highest BCUT2D eigenvalue weighted by molar-refractivity contribution is 7.89. The Hall–Kier alpha value is -2.45. The molecule has 0 saturated carbocycles. The molecule has 0 fully saturated rings. The van der Waals surface area contributed by atoms with E-state index in [2.05, 4.69) is 5.32 Å². The number of nitrogens with one attached hydrogen (secondary N) is 1. The standard InChI is InChI=1S/C19H24FN3O3S/c1-14(2)23(4)27(25,26)16-11-9-15(10-12-16)21-19(24)13-22(3)18-8-6-5-7-17(18)20/h5-12,14H,13H2,1-4H3,(H,21,24). The van der Waals surface area contributed by atoms with E-state index in [9.17, 15) is 17.6 Å². The van der Waals surface area contributed by atoms with Crippen molar-refractivity contribution in [1.29, 1.82) is 0 Å². The molecule has 0 aliphatic carbocycles. The first-order chi connectivity index (χ1) is 12.6.